The van der Waals surface area contributed by atoms with Gasteiger partial charge < -0.3 is 9.47 Å². The molecule has 0 spiro atoms. The Bertz CT molecular complexity index is 2670. The average molecular weight is 997 g/mol. The summed E-state index contributed by atoms with van der Waals surface area (Å²) in [4.78, 5) is 131. The van der Waals surface area contributed by atoms with Crippen LogP contribution in [0.3, 0.4) is 0 Å². The number of fused-ring (bicyclic) bond motifs is 2. The molecule has 16 heteroatoms. The van der Waals surface area contributed by atoms with Gasteiger partial charge in [-0.05, 0) is 92.8 Å². The van der Waals surface area contributed by atoms with E-state index in [1.54, 1.807) is 6.92 Å². The maximum atomic E-state index is 13.3. The Labute approximate surface area is 425 Å². The van der Waals surface area contributed by atoms with Crippen LogP contribution in [0.4, 0.5) is 0 Å². The molecule has 0 unspecified atom stereocenters. The fourth-order valence-corrected chi connectivity index (χ4v) is 9.58. The van der Waals surface area contributed by atoms with Gasteiger partial charge in [-0.2, -0.15) is 0 Å². The lowest BCUT2D eigenvalue weighted by molar-refractivity contribution is -0.138. The summed E-state index contributed by atoms with van der Waals surface area (Å²) < 4.78 is 11.3. The lowest BCUT2D eigenvalue weighted by atomic mass is 10.1. The summed E-state index contributed by atoms with van der Waals surface area (Å²) in [6.45, 7) is 3.17. The molecule has 0 radical (unpaired) electrons. The molecule has 73 heavy (non-hydrogen) atoms. The average Bonchev–Trinajstić information content (AvgIpc) is 4.04. The van der Waals surface area contributed by atoms with E-state index >= 15 is 0 Å². The topological polar surface area (TPSA) is 202 Å². The standard InChI is InChI=1S/C57H64N4O12/c1-39-36-42(72-56(70)40-22-25-43-45(37-40)54(68)60(52(43)66)34-20-16-12-8-4-2-6-10-14-18-32-58-48(62)28-29-49(58)63)24-27-47(39)73-57(71)41-23-26-44-46(38-41)55(69)61(53(44)67)35-21-17-13-9-5-3-7-11-15-19-33-59-50(64)30-31-51(59)65/h22-31,36-38H,2-21,32-35H2,1H3. The van der Waals surface area contributed by atoms with E-state index in [-0.39, 0.29) is 81.6 Å². The number of amides is 8. The lowest BCUT2D eigenvalue weighted by Crippen LogP contribution is -2.30. The van der Waals surface area contributed by atoms with Gasteiger partial charge in [0.05, 0.1) is 33.4 Å². The summed E-state index contributed by atoms with van der Waals surface area (Å²) in [5.41, 5.74) is 1.41. The molecule has 8 amide bonds. The summed E-state index contributed by atoms with van der Waals surface area (Å²) in [6.07, 6.45) is 24.6. The van der Waals surface area contributed by atoms with Crippen LogP contribution in [0.15, 0.2) is 78.9 Å². The molecular formula is C57H64N4O12. The van der Waals surface area contributed by atoms with E-state index in [0.717, 1.165) is 116 Å². The van der Waals surface area contributed by atoms with Crippen LogP contribution in [0.1, 0.15) is 196 Å². The van der Waals surface area contributed by atoms with Gasteiger partial charge >= 0.3 is 11.9 Å². The molecular weight excluding hydrogens is 933 g/mol. The number of nitrogens with zero attached hydrogens (tertiary/aromatic N) is 4. The molecule has 0 saturated heterocycles. The number of carbonyl (C=O) groups excluding carboxylic acids is 10. The van der Waals surface area contributed by atoms with Gasteiger partial charge in [0.1, 0.15) is 11.5 Å². The third kappa shape index (κ3) is 13.8. The van der Waals surface area contributed by atoms with Crippen LogP contribution in [0.25, 0.3) is 0 Å². The van der Waals surface area contributed by atoms with Crippen molar-refractivity contribution < 1.29 is 57.4 Å². The zero-order valence-corrected chi connectivity index (χ0v) is 41.7. The molecule has 3 aromatic rings. The molecule has 4 heterocycles. The lowest BCUT2D eigenvalue weighted by Gasteiger charge is -2.13. The van der Waals surface area contributed by atoms with E-state index in [9.17, 15) is 47.9 Å². The highest BCUT2D eigenvalue weighted by atomic mass is 16.5. The van der Waals surface area contributed by atoms with E-state index < -0.39 is 35.6 Å². The predicted molar refractivity (Wildman–Crippen MR) is 269 cm³/mol. The first-order valence-electron chi connectivity index (χ1n) is 25.9. The van der Waals surface area contributed by atoms with Gasteiger partial charge in [0.25, 0.3) is 47.3 Å². The third-order valence-corrected chi connectivity index (χ3v) is 13.8. The third-order valence-electron chi connectivity index (χ3n) is 13.8. The monoisotopic (exact) mass is 996 g/mol. The molecule has 7 rings (SSSR count). The van der Waals surface area contributed by atoms with Crippen LogP contribution in [0.5, 0.6) is 11.5 Å². The second kappa shape index (κ2) is 25.8. The number of rotatable bonds is 30. The summed E-state index contributed by atoms with van der Waals surface area (Å²) in [5, 5.41) is 0. The molecule has 384 valence electrons. The molecule has 0 bridgehead atoms. The van der Waals surface area contributed by atoms with Gasteiger partial charge in [-0.1, -0.05) is 103 Å². The van der Waals surface area contributed by atoms with E-state index in [4.69, 9.17) is 9.47 Å². The van der Waals surface area contributed by atoms with Gasteiger partial charge in [-0.15, -0.1) is 0 Å². The molecule has 4 aliphatic rings. The van der Waals surface area contributed by atoms with Crippen LogP contribution < -0.4 is 9.47 Å². The first-order chi connectivity index (χ1) is 35.3. The Kier molecular flexibility index (Phi) is 18.9. The maximum Gasteiger partial charge on any atom is 0.343 e. The number of hydrogen-bond donors (Lipinski definition) is 0. The van der Waals surface area contributed by atoms with Gasteiger partial charge in [-0.3, -0.25) is 58.0 Å². The van der Waals surface area contributed by atoms with Crippen LogP contribution in [-0.2, 0) is 19.2 Å². The number of aryl methyl sites for hydroxylation is 1. The number of unbranched alkanes of at least 4 members (excludes halogenated alkanes) is 18. The molecule has 4 aliphatic heterocycles. The van der Waals surface area contributed by atoms with Gasteiger partial charge in [-0.25, -0.2) is 9.59 Å². The minimum absolute atomic E-state index is 0.0893. The van der Waals surface area contributed by atoms with Crippen molar-refractivity contribution in [2.45, 2.75) is 135 Å². The Morgan fingerprint density at radius 3 is 1.03 bits per heavy atom. The number of benzene rings is 3. The number of ether oxygens (including phenoxy) is 2. The quantitative estimate of drug-likeness (QED) is 0.0266. The van der Waals surface area contributed by atoms with Gasteiger partial charge in [0, 0.05) is 50.5 Å². The van der Waals surface area contributed by atoms with E-state index in [0.29, 0.717) is 31.5 Å². The Balaban J connectivity index is 0.769. The van der Waals surface area contributed by atoms with Gasteiger partial charge in [0.2, 0.25) is 0 Å². The van der Waals surface area contributed by atoms with Crippen molar-refractivity contribution in [2.75, 3.05) is 26.2 Å². The van der Waals surface area contributed by atoms with Crippen LogP contribution >= 0.6 is 0 Å². The summed E-state index contributed by atoms with van der Waals surface area (Å²) in [7, 11) is 0. The van der Waals surface area contributed by atoms with E-state index in [1.165, 1.54) is 98.5 Å². The Morgan fingerprint density at radius 2 is 0.671 bits per heavy atom. The van der Waals surface area contributed by atoms with Crippen LogP contribution in [0.2, 0.25) is 0 Å². The molecule has 0 atom stereocenters. The zero-order valence-electron chi connectivity index (χ0n) is 41.7. The number of imide groups is 4. The second-order valence-electron chi connectivity index (χ2n) is 19.1. The normalized spacial score (nSPS) is 15.0. The minimum atomic E-state index is -0.743. The smallest absolute Gasteiger partial charge is 0.343 e. The van der Waals surface area contributed by atoms with Crippen LogP contribution in [-0.4, -0.2) is 105 Å². The van der Waals surface area contributed by atoms with Crippen molar-refractivity contribution in [1.29, 1.82) is 0 Å². The first-order valence-corrected chi connectivity index (χ1v) is 25.9. The summed E-state index contributed by atoms with van der Waals surface area (Å²) >= 11 is 0. The highest BCUT2D eigenvalue weighted by Crippen LogP contribution is 2.30. The number of hydrogen-bond acceptors (Lipinski definition) is 12. The molecule has 3 aromatic carbocycles. The van der Waals surface area contributed by atoms with Crippen molar-refractivity contribution in [3.05, 3.63) is 118 Å². The fourth-order valence-electron chi connectivity index (χ4n) is 9.58. The van der Waals surface area contributed by atoms with E-state index in [1.807, 2.05) is 0 Å². The maximum absolute atomic E-state index is 13.3. The van der Waals surface area contributed by atoms with Gasteiger partial charge in [0.15, 0.2) is 0 Å². The van der Waals surface area contributed by atoms with E-state index in [2.05, 4.69) is 0 Å². The largest absolute Gasteiger partial charge is 0.423 e. The van der Waals surface area contributed by atoms with Crippen LogP contribution in [0, 0.1) is 6.92 Å². The highest BCUT2D eigenvalue weighted by Gasteiger charge is 2.37. The predicted octanol–water partition coefficient (Wildman–Crippen LogP) is 9.28. The Morgan fingerprint density at radius 1 is 0.356 bits per heavy atom. The molecule has 0 fully saturated rings. The number of esters is 2. The number of carbonyl (C=O) groups is 10. The second-order valence-corrected chi connectivity index (χ2v) is 19.1. The highest BCUT2D eigenvalue weighted by molar-refractivity contribution is 6.23. The molecule has 0 saturated carbocycles. The van der Waals surface area contributed by atoms with Crippen molar-refractivity contribution in [3.8, 4) is 11.5 Å². The fraction of sp³-hybridized carbons (Fsp3) is 0.439. The van der Waals surface area contributed by atoms with Crippen molar-refractivity contribution in [2.24, 2.45) is 0 Å². The zero-order chi connectivity index (χ0) is 51.9. The minimum Gasteiger partial charge on any atom is -0.423 e. The summed E-state index contributed by atoms with van der Waals surface area (Å²) in [6, 6.07) is 13.0. The molecule has 0 N–H and O–H groups in total. The van der Waals surface area contributed by atoms with Crippen molar-refractivity contribution in [3.63, 3.8) is 0 Å². The summed E-state index contributed by atoms with van der Waals surface area (Å²) in [5.74, 6) is -3.76. The SMILES string of the molecule is Cc1cc(OC(=O)c2ccc3c(c2)C(=O)N(CCCCCCCCCCCCN2C(=O)C=CC2=O)C3=O)ccc1OC(=O)c1ccc2c(c1)C(=O)N(CCCCCCCCCCCCN1C(=O)C=CC1=O)C2=O. The first kappa shape index (κ1) is 53.4. The van der Waals surface area contributed by atoms with Crippen molar-refractivity contribution >= 4 is 59.2 Å². The molecule has 16 nitrogen and oxygen atoms in total. The Hall–Kier alpha value is -7.36. The molecule has 0 aromatic heterocycles. The molecule has 0 aliphatic carbocycles. The van der Waals surface area contributed by atoms with Crippen molar-refractivity contribution in [1.82, 2.24) is 19.6 Å².